The van der Waals surface area contributed by atoms with Crippen molar-refractivity contribution in [2.45, 2.75) is 25.6 Å². The predicted molar refractivity (Wildman–Crippen MR) is 135 cm³/mol. The normalized spacial score (nSPS) is 11.7. The van der Waals surface area contributed by atoms with Gasteiger partial charge in [0, 0.05) is 5.38 Å². The smallest absolute Gasteiger partial charge is 0.353 e. The molecule has 0 spiro atoms. The Hall–Kier alpha value is -3.27. The van der Waals surface area contributed by atoms with Crippen molar-refractivity contribution in [1.82, 2.24) is 4.98 Å². The summed E-state index contributed by atoms with van der Waals surface area (Å²) in [4.78, 5) is 46.0. The number of carbonyl (C=O) groups is 3. The van der Waals surface area contributed by atoms with Crippen molar-refractivity contribution in [3.05, 3.63) is 82.9 Å². The van der Waals surface area contributed by atoms with Gasteiger partial charge in [-0.05, 0) is 36.6 Å². The Kier molecular flexibility index (Phi) is 8.97. The number of thiazole rings is 1. The van der Waals surface area contributed by atoms with Crippen molar-refractivity contribution in [1.29, 1.82) is 0 Å². The highest BCUT2D eigenvalue weighted by atomic mass is 35.5. The molecule has 11 heteroatoms. The molecule has 0 aliphatic carbocycles. The van der Waals surface area contributed by atoms with Gasteiger partial charge in [-0.3, -0.25) is 9.59 Å². The maximum atomic E-state index is 13.1. The summed E-state index contributed by atoms with van der Waals surface area (Å²) in [6.07, 6.45) is -0.683. The third-order valence-electron chi connectivity index (χ3n) is 4.59. The minimum Gasteiger partial charge on any atom is -0.450 e. The first-order valence-corrected chi connectivity index (χ1v) is 12.1. The molecule has 0 bridgehead atoms. The molecule has 3 aromatic rings. The third-order valence-corrected chi connectivity index (χ3v) is 5.77. The summed E-state index contributed by atoms with van der Waals surface area (Å²) < 4.78 is 5.82. The van der Waals surface area contributed by atoms with Gasteiger partial charge in [-0.2, -0.15) is 0 Å². The van der Waals surface area contributed by atoms with Crippen molar-refractivity contribution in [2.75, 3.05) is 11.2 Å². The van der Waals surface area contributed by atoms with E-state index in [4.69, 9.17) is 32.8 Å². The number of benzene rings is 2. The molecule has 3 rings (SSSR count). The molecule has 182 valence electrons. The predicted octanol–water partition coefficient (Wildman–Crippen LogP) is 4.92. The van der Waals surface area contributed by atoms with Crippen molar-refractivity contribution in [2.24, 2.45) is 5.16 Å². The van der Waals surface area contributed by atoms with E-state index in [0.29, 0.717) is 0 Å². The fourth-order valence-electron chi connectivity index (χ4n) is 2.81. The van der Waals surface area contributed by atoms with Gasteiger partial charge in [0.1, 0.15) is 11.6 Å². The molecule has 0 radical (unpaired) electrons. The van der Waals surface area contributed by atoms with E-state index in [1.807, 2.05) is 60.7 Å². The zero-order chi connectivity index (χ0) is 25.4. The number of nitrogens with zero attached hydrogens (tertiary/aromatic N) is 2. The number of amides is 1. The number of hydrogen-bond acceptors (Lipinski definition) is 8. The van der Waals surface area contributed by atoms with Crippen LogP contribution in [0.1, 0.15) is 36.8 Å². The summed E-state index contributed by atoms with van der Waals surface area (Å²) in [5.74, 6) is -1.43. The number of carbonyl (C=O) groups excluding carboxylic acids is 3. The molecule has 0 saturated carbocycles. The molecule has 1 N–H and O–H groups in total. The molecular formula is C24H21Cl2N3O5S. The molecule has 0 unspecified atom stereocenters. The van der Waals surface area contributed by atoms with Gasteiger partial charge in [0.05, 0.1) is 0 Å². The van der Waals surface area contributed by atoms with Crippen LogP contribution in [0.4, 0.5) is 5.13 Å². The Morgan fingerprint density at radius 3 is 2.14 bits per heavy atom. The largest absolute Gasteiger partial charge is 0.450 e. The minimum atomic E-state index is -1.58. The molecule has 0 fully saturated rings. The summed E-state index contributed by atoms with van der Waals surface area (Å²) in [5, 5.41) is 6.95. The first-order chi connectivity index (χ1) is 16.7. The summed E-state index contributed by atoms with van der Waals surface area (Å²) >= 11 is 12.2. The number of nitrogens with one attached hydrogen (secondary N) is 1. The molecule has 0 aliphatic heterocycles. The molecule has 35 heavy (non-hydrogen) atoms. The third kappa shape index (κ3) is 7.11. The van der Waals surface area contributed by atoms with E-state index in [0.717, 1.165) is 22.5 Å². The number of rotatable bonds is 10. The van der Waals surface area contributed by atoms with Crippen LogP contribution in [0.25, 0.3) is 0 Å². The maximum Gasteiger partial charge on any atom is 0.353 e. The van der Waals surface area contributed by atoms with Crippen LogP contribution in [0.15, 0.2) is 71.2 Å². The summed E-state index contributed by atoms with van der Waals surface area (Å²) in [5.41, 5.74) is -0.298. The zero-order valence-electron chi connectivity index (χ0n) is 18.7. The molecule has 1 amide bonds. The number of anilines is 1. The van der Waals surface area contributed by atoms with E-state index in [1.54, 1.807) is 0 Å². The van der Waals surface area contributed by atoms with Crippen LogP contribution in [0.2, 0.25) is 0 Å². The number of alkyl halides is 1. The molecular weight excluding hydrogens is 513 g/mol. The Balaban J connectivity index is 1.80. The van der Waals surface area contributed by atoms with E-state index in [2.05, 4.69) is 15.5 Å². The average Bonchev–Trinajstić information content (AvgIpc) is 3.30. The van der Waals surface area contributed by atoms with Gasteiger partial charge in [-0.25, -0.2) is 9.78 Å². The quantitative estimate of drug-likeness (QED) is 0.130. The number of hydrogen-bond donors (Lipinski definition) is 1. The first kappa shape index (κ1) is 26.3. The topological polar surface area (TPSA) is 107 Å². The van der Waals surface area contributed by atoms with Gasteiger partial charge >= 0.3 is 5.97 Å². The Bertz CT molecular complexity index is 1180. The molecule has 1 aromatic heterocycles. The van der Waals surface area contributed by atoms with E-state index in [9.17, 15) is 14.4 Å². The van der Waals surface area contributed by atoms with Gasteiger partial charge in [0.25, 0.3) is 5.24 Å². The highest BCUT2D eigenvalue weighted by molar-refractivity contribution is 7.14. The highest BCUT2D eigenvalue weighted by Gasteiger charge is 2.36. The standard InChI is InChI=1S/C24H21Cl2N3O5S/c1-24(2,34-29-19(21(26)31)17-14-35-23(27-17)28-18(30)13-25)22(32)33-20(15-9-5-3-6-10-15)16-11-7-4-8-12-16/h3-12,14,20H,13H2,1-2H3,(H,27,28,30). The van der Waals surface area contributed by atoms with E-state index < -0.39 is 28.8 Å². The van der Waals surface area contributed by atoms with Crippen molar-refractivity contribution in [3.63, 3.8) is 0 Å². The molecule has 8 nitrogen and oxygen atoms in total. The van der Waals surface area contributed by atoms with Crippen LogP contribution < -0.4 is 5.32 Å². The average molecular weight is 534 g/mol. The van der Waals surface area contributed by atoms with Gasteiger partial charge in [-0.1, -0.05) is 65.8 Å². The number of oxime groups is 1. The fourth-order valence-corrected chi connectivity index (χ4v) is 3.72. The van der Waals surface area contributed by atoms with Gasteiger partial charge in [0.15, 0.2) is 16.9 Å². The zero-order valence-corrected chi connectivity index (χ0v) is 21.1. The minimum absolute atomic E-state index is 0.0653. The van der Waals surface area contributed by atoms with E-state index in [1.165, 1.54) is 19.2 Å². The number of ether oxygens (including phenoxy) is 1. The summed E-state index contributed by atoms with van der Waals surface area (Å²) in [6, 6.07) is 18.5. The molecule has 0 atom stereocenters. The fraction of sp³-hybridized carbons (Fsp3) is 0.208. The van der Waals surface area contributed by atoms with Crippen LogP contribution in [0.3, 0.4) is 0 Å². The van der Waals surface area contributed by atoms with Gasteiger partial charge < -0.3 is 14.9 Å². The Labute approximate surface area is 215 Å². The van der Waals surface area contributed by atoms with Crippen LogP contribution >= 0.6 is 34.5 Å². The van der Waals surface area contributed by atoms with Crippen LogP contribution in [0.5, 0.6) is 0 Å². The van der Waals surface area contributed by atoms with Crippen LogP contribution in [-0.4, -0.2) is 39.3 Å². The molecule has 0 aliphatic rings. The number of halogens is 2. The number of aromatic nitrogens is 1. The van der Waals surface area contributed by atoms with Crippen LogP contribution in [0, 0.1) is 0 Å². The second-order valence-corrected chi connectivity index (χ2v) is 9.11. The maximum absolute atomic E-state index is 13.1. The second kappa shape index (κ2) is 11.9. The highest BCUT2D eigenvalue weighted by Crippen LogP contribution is 2.28. The van der Waals surface area contributed by atoms with Gasteiger partial charge in [-0.15, -0.1) is 22.9 Å². The van der Waals surface area contributed by atoms with Crippen molar-refractivity contribution < 1.29 is 24.0 Å². The molecule has 1 heterocycles. The monoisotopic (exact) mass is 533 g/mol. The van der Waals surface area contributed by atoms with Crippen molar-refractivity contribution in [3.8, 4) is 0 Å². The second-order valence-electron chi connectivity index (χ2n) is 7.64. The number of esters is 1. The van der Waals surface area contributed by atoms with Gasteiger partial charge in [0.2, 0.25) is 11.5 Å². The Morgan fingerprint density at radius 1 is 1.06 bits per heavy atom. The van der Waals surface area contributed by atoms with Crippen LogP contribution in [-0.2, 0) is 24.0 Å². The van der Waals surface area contributed by atoms with E-state index >= 15 is 0 Å². The lowest BCUT2D eigenvalue weighted by Gasteiger charge is -2.25. The lowest BCUT2D eigenvalue weighted by atomic mass is 10.0. The van der Waals surface area contributed by atoms with E-state index in [-0.39, 0.29) is 22.4 Å². The molecule has 2 aromatic carbocycles. The summed E-state index contributed by atoms with van der Waals surface area (Å²) in [6.45, 7) is 2.91. The summed E-state index contributed by atoms with van der Waals surface area (Å²) in [7, 11) is 0. The van der Waals surface area contributed by atoms with Crippen molar-refractivity contribution >= 4 is 62.5 Å². The SMILES string of the molecule is CC(C)(ON=C(C(=O)Cl)c1csc(NC(=O)CCl)n1)C(=O)OC(c1ccccc1)c1ccccc1. The lowest BCUT2D eigenvalue weighted by Crippen LogP contribution is -2.37. The Morgan fingerprint density at radius 2 is 1.63 bits per heavy atom. The lowest BCUT2D eigenvalue weighted by molar-refractivity contribution is -0.172. The molecule has 0 saturated heterocycles. The first-order valence-electron chi connectivity index (χ1n) is 10.3.